The number of nitrogens with one attached hydrogen (secondary N) is 1. The summed E-state index contributed by atoms with van der Waals surface area (Å²) in [4.78, 5) is 29.5. The molecule has 0 aliphatic carbocycles. The van der Waals surface area contributed by atoms with Gasteiger partial charge in [-0.05, 0) is 38.0 Å². The molecule has 1 amide bonds. The minimum atomic E-state index is -0.920. The lowest BCUT2D eigenvalue weighted by atomic mass is 10.1. The number of hydrogen-bond donors (Lipinski definition) is 1. The van der Waals surface area contributed by atoms with Gasteiger partial charge in [-0.15, -0.1) is 11.3 Å². The Morgan fingerprint density at radius 3 is 2.64 bits per heavy atom. The quantitative estimate of drug-likeness (QED) is 0.605. The van der Waals surface area contributed by atoms with Crippen molar-refractivity contribution in [3.63, 3.8) is 0 Å². The molecule has 6 nitrogen and oxygen atoms in total. The van der Waals surface area contributed by atoms with Crippen molar-refractivity contribution in [1.29, 1.82) is 0 Å². The third-order valence-corrected chi connectivity index (χ3v) is 5.45. The molecule has 146 valence electrons. The van der Waals surface area contributed by atoms with Crippen LogP contribution in [0.2, 0.25) is 0 Å². The Morgan fingerprint density at radius 1 is 1.25 bits per heavy atom. The van der Waals surface area contributed by atoms with Crippen molar-refractivity contribution in [2.24, 2.45) is 0 Å². The average molecular weight is 398 g/mol. The summed E-state index contributed by atoms with van der Waals surface area (Å²) >= 11 is 1.27. The molecule has 1 aromatic carbocycles. The Kier molecular flexibility index (Phi) is 6.26. The van der Waals surface area contributed by atoms with Crippen LogP contribution < -0.4 is 5.32 Å². The molecular formula is C21H22N2O4S. The van der Waals surface area contributed by atoms with Gasteiger partial charge in [0, 0.05) is 5.56 Å². The number of aryl methyl sites for hydroxylation is 2. The maximum Gasteiger partial charge on any atom is 0.351 e. The lowest BCUT2D eigenvalue weighted by Crippen LogP contribution is -2.35. The van der Waals surface area contributed by atoms with Gasteiger partial charge in [-0.25, -0.2) is 9.78 Å². The first-order chi connectivity index (χ1) is 13.5. The molecule has 0 saturated carbocycles. The summed E-state index contributed by atoms with van der Waals surface area (Å²) in [7, 11) is 0. The Hall–Kier alpha value is -2.93. The third-order valence-electron chi connectivity index (χ3n) is 4.26. The van der Waals surface area contributed by atoms with Gasteiger partial charge in [0.05, 0.1) is 18.5 Å². The van der Waals surface area contributed by atoms with Gasteiger partial charge in [0.15, 0.2) is 6.10 Å². The molecule has 3 rings (SSSR count). The summed E-state index contributed by atoms with van der Waals surface area (Å²) in [5.74, 6) is -0.307. The van der Waals surface area contributed by atoms with Gasteiger partial charge >= 0.3 is 5.97 Å². The van der Waals surface area contributed by atoms with E-state index in [-0.39, 0.29) is 12.5 Å². The summed E-state index contributed by atoms with van der Waals surface area (Å²) in [6.45, 7) is 5.64. The molecule has 0 unspecified atom stereocenters. The van der Waals surface area contributed by atoms with Crippen molar-refractivity contribution in [3.8, 4) is 10.6 Å². The number of furan rings is 1. The molecule has 0 aliphatic heterocycles. The first kappa shape index (κ1) is 19.8. The normalized spacial score (nSPS) is 11.8. The van der Waals surface area contributed by atoms with Gasteiger partial charge in [-0.1, -0.05) is 31.2 Å². The van der Waals surface area contributed by atoms with Crippen molar-refractivity contribution in [1.82, 2.24) is 10.3 Å². The van der Waals surface area contributed by atoms with E-state index in [9.17, 15) is 9.59 Å². The Morgan fingerprint density at radius 2 is 2.00 bits per heavy atom. The largest absolute Gasteiger partial charge is 0.467 e. The van der Waals surface area contributed by atoms with Gasteiger partial charge < -0.3 is 14.5 Å². The summed E-state index contributed by atoms with van der Waals surface area (Å²) in [5, 5.41) is 3.43. The van der Waals surface area contributed by atoms with Crippen LogP contribution >= 0.6 is 11.3 Å². The monoisotopic (exact) mass is 398 g/mol. The molecular weight excluding hydrogens is 376 g/mol. The molecule has 0 fully saturated rings. The van der Waals surface area contributed by atoms with E-state index >= 15 is 0 Å². The van der Waals surface area contributed by atoms with Crippen molar-refractivity contribution in [2.75, 3.05) is 0 Å². The van der Waals surface area contributed by atoms with E-state index in [1.807, 2.05) is 12.1 Å². The number of benzene rings is 1. The number of rotatable bonds is 7. The van der Waals surface area contributed by atoms with E-state index in [0.29, 0.717) is 16.3 Å². The van der Waals surface area contributed by atoms with Gasteiger partial charge in [0.25, 0.3) is 5.91 Å². The number of ether oxygens (including phenoxy) is 1. The standard InChI is InChI=1S/C21H22N2O4S/c1-4-15-7-9-16(10-8-15)20-23-13(2)18(28-20)21(25)27-14(3)19(24)22-12-17-6-5-11-26-17/h5-11,14H,4,12H2,1-3H3,(H,22,24)/t14-/m0/s1. The Balaban J connectivity index is 1.63. The zero-order valence-electron chi connectivity index (χ0n) is 16.0. The van der Waals surface area contributed by atoms with Crippen LogP contribution in [0.1, 0.15) is 40.5 Å². The Labute approximate surface area is 167 Å². The maximum absolute atomic E-state index is 12.5. The zero-order valence-corrected chi connectivity index (χ0v) is 16.8. The predicted molar refractivity (Wildman–Crippen MR) is 107 cm³/mol. The van der Waals surface area contributed by atoms with Crippen LogP contribution in [-0.2, 0) is 22.5 Å². The maximum atomic E-state index is 12.5. The van der Waals surface area contributed by atoms with Gasteiger partial charge in [0.2, 0.25) is 0 Å². The van der Waals surface area contributed by atoms with E-state index in [2.05, 4.69) is 29.4 Å². The molecule has 0 aliphatic rings. The SMILES string of the molecule is CCc1ccc(-c2nc(C)c(C(=O)O[C@@H](C)C(=O)NCc3ccco3)s2)cc1. The molecule has 3 aromatic rings. The summed E-state index contributed by atoms with van der Waals surface area (Å²) in [6.07, 6.45) is 1.58. The number of nitrogens with zero attached hydrogens (tertiary/aromatic N) is 1. The lowest BCUT2D eigenvalue weighted by Gasteiger charge is -2.12. The molecule has 0 bridgehead atoms. The van der Waals surface area contributed by atoms with Crippen molar-refractivity contribution < 1.29 is 18.7 Å². The molecule has 7 heteroatoms. The smallest absolute Gasteiger partial charge is 0.351 e. The van der Waals surface area contributed by atoms with Gasteiger partial charge in [0.1, 0.15) is 15.6 Å². The number of aromatic nitrogens is 1. The van der Waals surface area contributed by atoms with Crippen LogP contribution in [0.5, 0.6) is 0 Å². The van der Waals surface area contributed by atoms with Crippen molar-refractivity contribution in [3.05, 3.63) is 64.6 Å². The molecule has 28 heavy (non-hydrogen) atoms. The fourth-order valence-corrected chi connectivity index (χ4v) is 3.55. The number of amides is 1. The highest BCUT2D eigenvalue weighted by atomic mass is 32.1. The van der Waals surface area contributed by atoms with E-state index < -0.39 is 12.1 Å². The molecule has 0 spiro atoms. The van der Waals surface area contributed by atoms with E-state index in [4.69, 9.17) is 9.15 Å². The van der Waals surface area contributed by atoms with Crippen LogP contribution in [0.4, 0.5) is 0 Å². The van der Waals surface area contributed by atoms with Crippen LogP contribution in [0.15, 0.2) is 47.1 Å². The summed E-state index contributed by atoms with van der Waals surface area (Å²) in [6, 6.07) is 11.6. The van der Waals surface area contributed by atoms with Crippen molar-refractivity contribution in [2.45, 2.75) is 39.8 Å². The number of carbonyl (C=O) groups is 2. The second-order valence-corrected chi connectivity index (χ2v) is 7.33. The Bertz CT molecular complexity index is 945. The van der Waals surface area contributed by atoms with Crippen LogP contribution in [0.3, 0.4) is 0 Å². The van der Waals surface area contributed by atoms with Crippen LogP contribution in [0, 0.1) is 6.92 Å². The highest BCUT2D eigenvalue weighted by Gasteiger charge is 2.23. The molecule has 1 N–H and O–H groups in total. The second kappa shape index (κ2) is 8.84. The number of hydrogen-bond acceptors (Lipinski definition) is 6. The minimum absolute atomic E-state index is 0.241. The average Bonchev–Trinajstić information content (AvgIpc) is 3.35. The molecule has 0 saturated heterocycles. The third kappa shape index (κ3) is 4.67. The fraction of sp³-hybridized carbons (Fsp3) is 0.286. The second-order valence-electron chi connectivity index (χ2n) is 6.33. The molecule has 2 aromatic heterocycles. The van der Waals surface area contributed by atoms with Gasteiger partial charge in [-0.2, -0.15) is 0 Å². The molecule has 1 atom stereocenters. The first-order valence-electron chi connectivity index (χ1n) is 9.05. The minimum Gasteiger partial charge on any atom is -0.467 e. The lowest BCUT2D eigenvalue weighted by molar-refractivity contribution is -0.129. The van der Waals surface area contributed by atoms with E-state index in [0.717, 1.165) is 17.0 Å². The zero-order chi connectivity index (χ0) is 20.1. The number of carbonyl (C=O) groups excluding carboxylic acids is 2. The highest BCUT2D eigenvalue weighted by Crippen LogP contribution is 2.29. The number of esters is 1. The van der Waals surface area contributed by atoms with E-state index in [1.165, 1.54) is 30.1 Å². The van der Waals surface area contributed by atoms with Crippen molar-refractivity contribution >= 4 is 23.2 Å². The highest BCUT2D eigenvalue weighted by molar-refractivity contribution is 7.17. The number of thiazole rings is 1. The van der Waals surface area contributed by atoms with Crippen LogP contribution in [-0.4, -0.2) is 23.0 Å². The molecule has 0 radical (unpaired) electrons. The topological polar surface area (TPSA) is 81.4 Å². The van der Waals surface area contributed by atoms with E-state index in [1.54, 1.807) is 19.1 Å². The van der Waals surface area contributed by atoms with Gasteiger partial charge in [-0.3, -0.25) is 4.79 Å². The predicted octanol–water partition coefficient (Wildman–Crippen LogP) is 4.14. The fourth-order valence-electron chi connectivity index (χ4n) is 2.59. The first-order valence-corrected chi connectivity index (χ1v) is 9.87. The molecule has 2 heterocycles. The summed E-state index contributed by atoms with van der Waals surface area (Å²) in [5.41, 5.74) is 2.78. The van der Waals surface area contributed by atoms with Crippen LogP contribution in [0.25, 0.3) is 10.6 Å². The summed E-state index contributed by atoms with van der Waals surface area (Å²) < 4.78 is 10.5.